The molecular formula is C23H17ClO5. The molecule has 0 unspecified atom stereocenters. The van der Waals surface area contributed by atoms with Gasteiger partial charge in [-0.25, -0.2) is 4.79 Å². The number of hydrogen-bond donors (Lipinski definition) is 0. The minimum absolute atomic E-state index is 0.0189. The van der Waals surface area contributed by atoms with Crippen LogP contribution in [0, 0.1) is 0 Å². The van der Waals surface area contributed by atoms with Gasteiger partial charge in [0, 0.05) is 21.7 Å². The predicted octanol–water partition coefficient (Wildman–Crippen LogP) is 4.70. The van der Waals surface area contributed by atoms with Crippen molar-refractivity contribution in [1.82, 2.24) is 0 Å². The average Bonchev–Trinajstić information content (AvgIpc) is 2.77. The van der Waals surface area contributed by atoms with E-state index in [2.05, 4.69) is 0 Å². The fraction of sp³-hybridized carbons (Fsp3) is 0.130. The van der Waals surface area contributed by atoms with Crippen molar-refractivity contribution in [2.45, 2.75) is 6.61 Å². The van der Waals surface area contributed by atoms with Crippen molar-refractivity contribution >= 4 is 23.4 Å². The number of carbonyl (C=O) groups is 2. The first kappa shape index (κ1) is 19.0. The maximum Gasteiger partial charge on any atom is 0.339 e. The zero-order chi connectivity index (χ0) is 20.2. The molecule has 0 atom stereocenters. The Morgan fingerprint density at radius 2 is 1.55 bits per heavy atom. The molecule has 1 aliphatic rings. The van der Waals surface area contributed by atoms with Crippen LogP contribution < -0.4 is 9.47 Å². The fourth-order valence-electron chi connectivity index (χ4n) is 3.04. The van der Waals surface area contributed by atoms with E-state index in [-0.39, 0.29) is 23.5 Å². The highest BCUT2D eigenvalue weighted by atomic mass is 35.5. The first-order valence-electron chi connectivity index (χ1n) is 9.07. The van der Waals surface area contributed by atoms with E-state index in [9.17, 15) is 9.59 Å². The van der Waals surface area contributed by atoms with Crippen molar-refractivity contribution in [2.75, 3.05) is 13.2 Å². The number of fused-ring (bicyclic) bond motifs is 1. The van der Waals surface area contributed by atoms with Gasteiger partial charge in [-0.15, -0.1) is 0 Å². The average molecular weight is 409 g/mol. The Balaban J connectivity index is 1.57. The van der Waals surface area contributed by atoms with Gasteiger partial charge in [0.25, 0.3) is 0 Å². The standard InChI is InChI=1S/C23H17ClO5/c24-19-8-4-1-5-16(19)14-29-23(26)18-7-3-2-6-17(18)22(25)15-9-10-20-21(13-15)28-12-11-27-20/h1-10,13H,11-12,14H2. The van der Waals surface area contributed by atoms with E-state index in [1.54, 1.807) is 60.7 Å². The fourth-order valence-corrected chi connectivity index (χ4v) is 3.23. The van der Waals surface area contributed by atoms with Crippen molar-refractivity contribution in [3.8, 4) is 11.5 Å². The van der Waals surface area contributed by atoms with Crippen LogP contribution in [0.2, 0.25) is 5.02 Å². The number of rotatable bonds is 5. The van der Waals surface area contributed by atoms with Gasteiger partial charge in [0.05, 0.1) is 5.56 Å². The van der Waals surface area contributed by atoms with E-state index >= 15 is 0 Å². The molecule has 1 heterocycles. The third-order valence-electron chi connectivity index (χ3n) is 4.51. The molecule has 0 amide bonds. The van der Waals surface area contributed by atoms with E-state index < -0.39 is 5.97 Å². The third-order valence-corrected chi connectivity index (χ3v) is 4.88. The lowest BCUT2D eigenvalue weighted by molar-refractivity contribution is 0.0470. The maximum absolute atomic E-state index is 13.1. The zero-order valence-electron chi connectivity index (χ0n) is 15.4. The van der Waals surface area contributed by atoms with Crippen molar-refractivity contribution in [3.63, 3.8) is 0 Å². The topological polar surface area (TPSA) is 61.8 Å². The molecule has 146 valence electrons. The van der Waals surface area contributed by atoms with Crippen molar-refractivity contribution in [2.24, 2.45) is 0 Å². The molecule has 29 heavy (non-hydrogen) atoms. The molecule has 0 saturated carbocycles. The number of esters is 1. The van der Waals surface area contributed by atoms with E-state index in [1.165, 1.54) is 0 Å². The van der Waals surface area contributed by atoms with Gasteiger partial charge in [0.2, 0.25) is 0 Å². The molecule has 6 heteroatoms. The first-order chi connectivity index (χ1) is 14.1. The summed E-state index contributed by atoms with van der Waals surface area (Å²) in [4.78, 5) is 25.7. The number of hydrogen-bond acceptors (Lipinski definition) is 5. The minimum atomic E-state index is -0.591. The summed E-state index contributed by atoms with van der Waals surface area (Å²) in [6.07, 6.45) is 0. The van der Waals surface area contributed by atoms with Crippen molar-refractivity contribution in [3.05, 3.63) is 94.0 Å². The summed E-state index contributed by atoms with van der Waals surface area (Å²) in [5.41, 5.74) is 1.55. The van der Waals surface area contributed by atoms with E-state index in [0.717, 1.165) is 0 Å². The highest BCUT2D eigenvalue weighted by Crippen LogP contribution is 2.31. The van der Waals surface area contributed by atoms with Crippen molar-refractivity contribution < 1.29 is 23.8 Å². The van der Waals surface area contributed by atoms with Gasteiger partial charge in [-0.05, 0) is 30.3 Å². The summed E-state index contributed by atoms with van der Waals surface area (Å²) in [6.45, 7) is 0.918. The Morgan fingerprint density at radius 3 is 2.34 bits per heavy atom. The van der Waals surface area contributed by atoms with E-state index in [4.69, 9.17) is 25.8 Å². The Kier molecular flexibility index (Phi) is 5.49. The molecule has 3 aromatic carbocycles. The predicted molar refractivity (Wildman–Crippen MR) is 108 cm³/mol. The molecular weight excluding hydrogens is 392 g/mol. The molecule has 0 fully saturated rings. The van der Waals surface area contributed by atoms with Crippen LogP contribution in [0.25, 0.3) is 0 Å². The summed E-state index contributed by atoms with van der Waals surface area (Å²) in [6, 6.07) is 18.7. The zero-order valence-corrected chi connectivity index (χ0v) is 16.1. The Hall–Kier alpha value is -3.31. The number of ketones is 1. The second-order valence-corrected chi connectivity index (χ2v) is 6.81. The Bertz CT molecular complexity index is 1080. The summed E-state index contributed by atoms with van der Waals surface area (Å²) in [5, 5.41) is 0.515. The minimum Gasteiger partial charge on any atom is -0.486 e. The lowest BCUT2D eigenvalue weighted by Gasteiger charge is -2.18. The van der Waals surface area contributed by atoms with Crippen LogP contribution in [0.15, 0.2) is 66.7 Å². The van der Waals surface area contributed by atoms with Crippen LogP contribution in [0.5, 0.6) is 11.5 Å². The number of halogens is 1. The Labute approximate surface area is 172 Å². The normalized spacial score (nSPS) is 12.3. The summed E-state index contributed by atoms with van der Waals surface area (Å²) < 4.78 is 16.4. The Morgan fingerprint density at radius 1 is 0.862 bits per heavy atom. The van der Waals surface area contributed by atoms with Gasteiger partial charge in [0.1, 0.15) is 19.8 Å². The largest absolute Gasteiger partial charge is 0.486 e. The second kappa shape index (κ2) is 8.37. The van der Waals surface area contributed by atoms with Crippen molar-refractivity contribution in [1.29, 1.82) is 0 Å². The lowest BCUT2D eigenvalue weighted by atomic mass is 9.98. The molecule has 0 radical (unpaired) electrons. The molecule has 0 aliphatic carbocycles. The third kappa shape index (κ3) is 4.10. The van der Waals surface area contributed by atoms with Gasteiger partial charge in [-0.3, -0.25) is 4.79 Å². The van der Waals surface area contributed by atoms with Gasteiger partial charge < -0.3 is 14.2 Å². The molecule has 5 nitrogen and oxygen atoms in total. The smallest absolute Gasteiger partial charge is 0.339 e. The highest BCUT2D eigenvalue weighted by molar-refractivity contribution is 6.31. The maximum atomic E-state index is 13.1. The molecule has 0 bridgehead atoms. The number of carbonyl (C=O) groups excluding carboxylic acids is 2. The molecule has 0 aromatic heterocycles. The number of ether oxygens (including phenoxy) is 3. The van der Waals surface area contributed by atoms with Crippen LogP contribution in [0.1, 0.15) is 31.8 Å². The van der Waals surface area contributed by atoms with Crippen LogP contribution in [-0.4, -0.2) is 25.0 Å². The first-order valence-corrected chi connectivity index (χ1v) is 9.45. The summed E-state index contributed by atoms with van der Waals surface area (Å²) >= 11 is 6.11. The van der Waals surface area contributed by atoms with Crippen LogP contribution in [0.3, 0.4) is 0 Å². The quantitative estimate of drug-likeness (QED) is 0.452. The SMILES string of the molecule is O=C(OCc1ccccc1Cl)c1ccccc1C(=O)c1ccc2c(c1)OCCO2. The summed E-state index contributed by atoms with van der Waals surface area (Å²) in [5.74, 6) is 0.222. The van der Waals surface area contributed by atoms with Crippen LogP contribution in [0.4, 0.5) is 0 Å². The van der Waals surface area contributed by atoms with Crippen LogP contribution >= 0.6 is 11.6 Å². The lowest BCUT2D eigenvalue weighted by Crippen LogP contribution is -2.16. The highest BCUT2D eigenvalue weighted by Gasteiger charge is 2.21. The summed E-state index contributed by atoms with van der Waals surface area (Å²) in [7, 11) is 0. The van der Waals surface area contributed by atoms with Gasteiger partial charge in [-0.2, -0.15) is 0 Å². The van der Waals surface area contributed by atoms with Gasteiger partial charge >= 0.3 is 5.97 Å². The molecule has 0 saturated heterocycles. The second-order valence-electron chi connectivity index (χ2n) is 6.40. The molecule has 0 N–H and O–H groups in total. The number of benzene rings is 3. The van der Waals surface area contributed by atoms with Crippen LogP contribution in [-0.2, 0) is 11.3 Å². The molecule has 4 rings (SSSR count). The molecule has 1 aliphatic heterocycles. The van der Waals surface area contributed by atoms with Gasteiger partial charge in [0.15, 0.2) is 17.3 Å². The molecule has 0 spiro atoms. The van der Waals surface area contributed by atoms with E-state index in [0.29, 0.717) is 40.9 Å². The molecule has 3 aromatic rings. The monoisotopic (exact) mass is 408 g/mol. The van der Waals surface area contributed by atoms with Gasteiger partial charge in [-0.1, -0.05) is 48.0 Å². The van der Waals surface area contributed by atoms with E-state index in [1.807, 2.05) is 6.07 Å².